The highest BCUT2D eigenvalue weighted by Crippen LogP contribution is 2.70. The number of aromatic amines is 1. The number of H-pyrrole nitrogens is 1. The third-order valence-electron chi connectivity index (χ3n) is 9.52. The van der Waals surface area contributed by atoms with Gasteiger partial charge in [0.1, 0.15) is 11.4 Å². The molecule has 6 unspecified atom stereocenters. The van der Waals surface area contributed by atoms with E-state index in [-0.39, 0.29) is 11.7 Å². The summed E-state index contributed by atoms with van der Waals surface area (Å²) in [6.45, 7) is 10.3. The van der Waals surface area contributed by atoms with Gasteiger partial charge in [0.05, 0.1) is 41.1 Å². The highest BCUT2D eigenvalue weighted by atomic mass is 32.2. The highest BCUT2D eigenvalue weighted by molar-refractivity contribution is 7.83. The molecule has 3 aromatic heterocycles. The van der Waals surface area contributed by atoms with Crippen molar-refractivity contribution in [1.82, 2.24) is 34.5 Å². The number of ether oxygens (including phenoxy) is 2. The van der Waals surface area contributed by atoms with Gasteiger partial charge in [0.15, 0.2) is 22.9 Å². The number of carbonyl (C=O) groups is 1. The number of carboxylic acid groups (broad SMARTS) is 1. The number of methoxy groups -OCH3 is 1. The third kappa shape index (κ3) is 5.83. The second-order valence-corrected chi connectivity index (χ2v) is 14.3. The summed E-state index contributed by atoms with van der Waals surface area (Å²) in [4.78, 5) is 23.6. The highest BCUT2D eigenvalue weighted by Gasteiger charge is 2.74. The minimum absolute atomic E-state index is 0.198. The molecule has 6 atom stereocenters. The summed E-state index contributed by atoms with van der Waals surface area (Å²) in [5, 5.41) is 21.8. The van der Waals surface area contributed by atoms with Crippen LogP contribution in [0.1, 0.15) is 55.6 Å². The van der Waals surface area contributed by atoms with Crippen LogP contribution in [0.4, 0.5) is 5.69 Å². The van der Waals surface area contributed by atoms with Gasteiger partial charge in [-0.1, -0.05) is 43.3 Å². The molecule has 0 radical (unpaired) electrons. The zero-order valence-electron chi connectivity index (χ0n) is 26.9. The Balaban J connectivity index is 0.000000557. The predicted octanol–water partition coefficient (Wildman–Crippen LogP) is 3.14. The topological polar surface area (TPSA) is 160 Å². The molecule has 1 saturated carbocycles. The molecule has 1 aliphatic carbocycles. The fourth-order valence-electron chi connectivity index (χ4n) is 6.86. The van der Waals surface area contributed by atoms with Crippen LogP contribution in [0.2, 0.25) is 0 Å². The Kier molecular flexibility index (Phi) is 8.74. The first kappa shape index (κ1) is 32.2. The first-order chi connectivity index (χ1) is 22.0. The maximum atomic E-state index is 12.9. The van der Waals surface area contributed by atoms with E-state index in [4.69, 9.17) is 19.6 Å². The molecule has 3 saturated heterocycles. The van der Waals surface area contributed by atoms with E-state index in [2.05, 4.69) is 44.7 Å². The van der Waals surface area contributed by atoms with Crippen molar-refractivity contribution < 1.29 is 23.6 Å². The van der Waals surface area contributed by atoms with Gasteiger partial charge in [-0.2, -0.15) is 5.10 Å². The second-order valence-electron chi connectivity index (χ2n) is 13.1. The summed E-state index contributed by atoms with van der Waals surface area (Å²) in [5.74, 6) is 0.891. The number of benzene rings is 1. The molecule has 46 heavy (non-hydrogen) atoms. The number of aliphatic carboxylic acids is 1. The second kappa shape index (κ2) is 12.5. The van der Waals surface area contributed by atoms with Crippen molar-refractivity contribution >= 4 is 28.3 Å². The van der Waals surface area contributed by atoms with Gasteiger partial charge in [-0.15, -0.1) is 5.10 Å². The predicted molar refractivity (Wildman–Crippen MR) is 173 cm³/mol. The van der Waals surface area contributed by atoms with Crippen LogP contribution in [0.25, 0.3) is 5.65 Å². The molecule has 0 spiro atoms. The number of nitrogens with one attached hydrogen (secondary N) is 2. The molecule has 4 fully saturated rings. The Morgan fingerprint density at radius 2 is 1.96 bits per heavy atom. The Bertz CT molecular complexity index is 1710. The van der Waals surface area contributed by atoms with Gasteiger partial charge >= 0.3 is 5.97 Å². The van der Waals surface area contributed by atoms with Crippen molar-refractivity contribution in [1.29, 1.82) is 0 Å². The summed E-state index contributed by atoms with van der Waals surface area (Å²) in [6.07, 6.45) is 3.81. The lowest BCUT2D eigenvalue weighted by Crippen LogP contribution is -2.56. The third-order valence-corrected chi connectivity index (χ3v) is 10.8. The largest absolute Gasteiger partial charge is 0.479 e. The van der Waals surface area contributed by atoms with Gasteiger partial charge in [0, 0.05) is 32.2 Å². The fourth-order valence-corrected chi connectivity index (χ4v) is 8.15. The molecule has 1 aromatic carbocycles. The summed E-state index contributed by atoms with van der Waals surface area (Å²) < 4.78 is 29.4. The van der Waals surface area contributed by atoms with E-state index in [0.717, 1.165) is 30.0 Å². The number of nitrogens with zero attached hydrogens (tertiary/aromatic N) is 6. The average Bonchev–Trinajstić information content (AvgIpc) is 3.86. The summed E-state index contributed by atoms with van der Waals surface area (Å²) in [5.41, 5.74) is 0.120. The van der Waals surface area contributed by atoms with Gasteiger partial charge in [-0.25, -0.2) is 28.2 Å². The molecule has 246 valence electrons. The number of hydrogen-bond donors (Lipinski definition) is 3. The number of hydrogen-bond acceptors (Lipinski definition) is 9. The normalized spacial score (nSPS) is 27.1. The average molecular weight is 651 g/mol. The van der Waals surface area contributed by atoms with E-state index in [1.807, 2.05) is 54.0 Å². The minimum Gasteiger partial charge on any atom is -0.479 e. The van der Waals surface area contributed by atoms with Crippen LogP contribution in [0.5, 0.6) is 0 Å². The van der Waals surface area contributed by atoms with E-state index in [0.29, 0.717) is 43.0 Å². The molecule has 4 aliphatic rings. The molecular weight excluding hydrogens is 608 g/mol. The number of aromatic nitrogens is 6. The van der Waals surface area contributed by atoms with Crippen molar-refractivity contribution in [3.63, 3.8) is 0 Å². The van der Waals surface area contributed by atoms with E-state index in [1.54, 1.807) is 0 Å². The zero-order chi connectivity index (χ0) is 32.7. The van der Waals surface area contributed by atoms with Crippen LogP contribution in [0, 0.1) is 25.2 Å². The fraction of sp³-hybridized carbons (Fsp3) is 0.531. The number of aryl methyl sites for hydroxylation is 2. The molecule has 8 rings (SSSR count). The Morgan fingerprint density at radius 1 is 1.24 bits per heavy atom. The van der Waals surface area contributed by atoms with E-state index >= 15 is 0 Å². The maximum Gasteiger partial charge on any atom is 0.336 e. The van der Waals surface area contributed by atoms with Crippen LogP contribution in [0.3, 0.4) is 0 Å². The van der Waals surface area contributed by atoms with Crippen LogP contribution >= 0.6 is 0 Å². The van der Waals surface area contributed by atoms with E-state index in [9.17, 15) is 14.1 Å². The Labute approximate surface area is 270 Å². The Morgan fingerprint density at radius 3 is 2.54 bits per heavy atom. The molecule has 6 heterocycles. The quantitative estimate of drug-likeness (QED) is 0.233. The maximum absolute atomic E-state index is 12.9. The molecule has 14 heteroatoms. The van der Waals surface area contributed by atoms with Crippen molar-refractivity contribution in [3.05, 3.63) is 71.7 Å². The van der Waals surface area contributed by atoms with Crippen LogP contribution < -0.4 is 9.62 Å². The molecular formula is C32H42N8O5S. The SMILES string of the molecule is COC(C)(CS(=O)NCC12COC(c3nc4c(C)cc(N5CCC(C)C5)cn4n3)(C1)C2c1n[nH]c(C)n1)C(=O)O.c1ccccc1. The van der Waals surface area contributed by atoms with Crippen molar-refractivity contribution in [2.24, 2.45) is 11.3 Å². The van der Waals surface area contributed by atoms with Gasteiger partial charge in [-0.3, -0.25) is 5.10 Å². The molecule has 2 bridgehead atoms. The molecule has 13 nitrogen and oxygen atoms in total. The smallest absolute Gasteiger partial charge is 0.336 e. The first-order valence-corrected chi connectivity index (χ1v) is 16.9. The monoisotopic (exact) mass is 650 g/mol. The van der Waals surface area contributed by atoms with Crippen molar-refractivity contribution in [3.8, 4) is 0 Å². The lowest BCUT2D eigenvalue weighted by atomic mass is 9.53. The molecule has 4 aromatic rings. The standard InChI is InChI=1S/C26H36N8O5S.C6H6/c1-15-6-7-33(9-15)18-8-16(2)21-29-22(32-34(21)10-18)26-11-25(13-39-26,19(26)20-28-17(3)30-31-20)12-27-40(37)14-24(4,38-5)23(35)36;1-2-4-6-5-3-1/h8,10,15,19,27H,6-7,9,11-14H2,1-5H3,(H,35,36)(H,28,30,31);1-6H. The Hall–Kier alpha value is -3.72. The summed E-state index contributed by atoms with van der Waals surface area (Å²) >= 11 is 0. The summed E-state index contributed by atoms with van der Waals surface area (Å²) in [6, 6.07) is 14.2. The molecule has 3 aliphatic heterocycles. The number of carboxylic acids is 1. The number of fused-ring (bicyclic) bond motifs is 2. The van der Waals surface area contributed by atoms with E-state index < -0.39 is 33.6 Å². The van der Waals surface area contributed by atoms with Crippen molar-refractivity contribution in [2.75, 3.05) is 44.0 Å². The molecule has 0 amide bonds. The lowest BCUT2D eigenvalue weighted by molar-refractivity contribution is -0.157. The van der Waals surface area contributed by atoms with Crippen molar-refractivity contribution in [2.45, 2.75) is 57.7 Å². The molecule has 3 N–H and O–H groups in total. The van der Waals surface area contributed by atoms with Crippen LogP contribution in [-0.4, -0.2) is 89.8 Å². The van der Waals surface area contributed by atoms with Crippen LogP contribution in [0.15, 0.2) is 48.7 Å². The zero-order valence-corrected chi connectivity index (χ0v) is 27.7. The minimum atomic E-state index is -1.65. The number of pyridine rings is 1. The number of anilines is 1. The van der Waals surface area contributed by atoms with Gasteiger partial charge < -0.3 is 19.5 Å². The summed E-state index contributed by atoms with van der Waals surface area (Å²) in [7, 11) is -0.353. The number of rotatable bonds is 10. The van der Waals surface area contributed by atoms with Gasteiger partial charge in [0.25, 0.3) is 0 Å². The van der Waals surface area contributed by atoms with Gasteiger partial charge in [-0.05, 0) is 51.2 Å². The van der Waals surface area contributed by atoms with Crippen LogP contribution in [-0.2, 0) is 30.9 Å². The lowest BCUT2D eigenvalue weighted by Gasteiger charge is -2.49. The first-order valence-electron chi connectivity index (χ1n) is 15.5. The van der Waals surface area contributed by atoms with E-state index in [1.165, 1.54) is 20.5 Å². The van der Waals surface area contributed by atoms with Gasteiger partial charge in [0.2, 0.25) is 0 Å².